The second kappa shape index (κ2) is 8.58. The third-order valence-corrected chi connectivity index (χ3v) is 4.24. The van der Waals surface area contributed by atoms with E-state index in [1.54, 1.807) is 20.8 Å². The molecule has 0 unspecified atom stereocenters. The summed E-state index contributed by atoms with van der Waals surface area (Å²) in [5, 5.41) is 2.93. The van der Waals surface area contributed by atoms with Crippen molar-refractivity contribution < 1.29 is 23.9 Å². The van der Waals surface area contributed by atoms with Crippen molar-refractivity contribution in [3.8, 4) is 0 Å². The van der Waals surface area contributed by atoms with E-state index in [0.717, 1.165) is 4.90 Å². The topological polar surface area (TPSA) is 96.0 Å². The van der Waals surface area contributed by atoms with Crippen molar-refractivity contribution in [1.82, 2.24) is 10.2 Å². The van der Waals surface area contributed by atoms with E-state index < -0.39 is 36.5 Å². The Hall–Kier alpha value is -2.32. The maximum Gasteiger partial charge on any atom is 0.340 e. The number of hydrogen-bond donors (Lipinski definition) is 1. The van der Waals surface area contributed by atoms with Crippen molar-refractivity contribution in [1.29, 1.82) is 0 Å². The van der Waals surface area contributed by atoms with Gasteiger partial charge in [-0.15, -0.1) is 0 Å². The molecule has 1 atom stereocenters. The fraction of sp³-hybridized carbons (Fsp3) is 0.412. The first kappa shape index (κ1) is 21.0. The molecule has 0 spiro atoms. The van der Waals surface area contributed by atoms with Crippen LogP contribution in [0.25, 0.3) is 0 Å². The molecular weight excluding hydrogens is 397 g/mol. The zero-order valence-corrected chi connectivity index (χ0v) is 16.5. The number of urea groups is 2. The molecule has 1 fully saturated rings. The number of ether oxygens (including phenoxy) is 1. The predicted molar refractivity (Wildman–Crippen MR) is 99.8 cm³/mol. The van der Waals surface area contributed by atoms with E-state index in [-0.39, 0.29) is 28.3 Å². The number of rotatable bonds is 5. The van der Waals surface area contributed by atoms with Crippen LogP contribution in [0.15, 0.2) is 18.2 Å². The van der Waals surface area contributed by atoms with E-state index in [4.69, 9.17) is 27.9 Å². The highest BCUT2D eigenvalue weighted by Crippen LogP contribution is 2.28. The van der Waals surface area contributed by atoms with E-state index in [9.17, 15) is 19.2 Å². The number of nitrogens with zero attached hydrogens (tertiary/aromatic N) is 2. The monoisotopic (exact) mass is 415 g/mol. The molecule has 1 N–H and O–H groups in total. The molecule has 0 bridgehead atoms. The first-order valence-corrected chi connectivity index (χ1v) is 8.99. The Morgan fingerprint density at radius 2 is 1.78 bits per heavy atom. The van der Waals surface area contributed by atoms with Crippen molar-refractivity contribution in [2.24, 2.45) is 5.92 Å². The summed E-state index contributed by atoms with van der Waals surface area (Å²) in [7, 11) is 0. The summed E-state index contributed by atoms with van der Waals surface area (Å²) in [6.45, 7) is 4.77. The number of nitrogens with one attached hydrogen (secondary N) is 1. The van der Waals surface area contributed by atoms with Crippen LogP contribution in [0.2, 0.25) is 10.0 Å². The number of esters is 1. The molecule has 1 saturated heterocycles. The van der Waals surface area contributed by atoms with Crippen LogP contribution >= 0.6 is 23.2 Å². The summed E-state index contributed by atoms with van der Waals surface area (Å²) in [6.07, 6.45) is 0. The van der Waals surface area contributed by atoms with Crippen molar-refractivity contribution in [3.63, 3.8) is 0 Å². The molecule has 0 saturated carbocycles. The quantitative estimate of drug-likeness (QED) is 0.588. The Bertz CT molecular complexity index is 764. The first-order chi connectivity index (χ1) is 12.6. The minimum Gasteiger partial charge on any atom is -0.464 e. The molecule has 10 heteroatoms. The van der Waals surface area contributed by atoms with Crippen LogP contribution in [0.1, 0.15) is 20.8 Å². The van der Waals surface area contributed by atoms with E-state index >= 15 is 0 Å². The van der Waals surface area contributed by atoms with Gasteiger partial charge in [0.2, 0.25) is 0 Å². The SMILES string of the molecule is CCOC(=O)[C@@H](NC(=O)N1CC(=O)N(c2cc(Cl)cc(Cl)c2)C1=O)C(C)C. The third kappa shape index (κ3) is 4.70. The van der Waals surface area contributed by atoms with Crippen LogP contribution < -0.4 is 10.2 Å². The van der Waals surface area contributed by atoms with Crippen molar-refractivity contribution in [3.05, 3.63) is 28.2 Å². The van der Waals surface area contributed by atoms with Gasteiger partial charge in [-0.3, -0.25) is 4.79 Å². The minimum absolute atomic E-state index is 0.155. The van der Waals surface area contributed by atoms with E-state index in [0.29, 0.717) is 4.90 Å². The fourth-order valence-electron chi connectivity index (χ4n) is 2.52. The number of hydrogen-bond acceptors (Lipinski definition) is 5. The van der Waals surface area contributed by atoms with Gasteiger partial charge in [0.1, 0.15) is 12.6 Å². The zero-order valence-electron chi connectivity index (χ0n) is 15.0. The summed E-state index contributed by atoms with van der Waals surface area (Å²) in [5.41, 5.74) is 0.156. The van der Waals surface area contributed by atoms with E-state index in [1.807, 2.05) is 0 Å². The lowest BCUT2D eigenvalue weighted by molar-refractivity contribution is -0.146. The molecule has 0 aromatic heterocycles. The molecule has 1 aromatic rings. The van der Waals surface area contributed by atoms with Gasteiger partial charge in [-0.05, 0) is 31.0 Å². The highest BCUT2D eigenvalue weighted by atomic mass is 35.5. The molecule has 1 heterocycles. The summed E-state index contributed by atoms with van der Waals surface area (Å²) in [6, 6.07) is 1.56. The van der Waals surface area contributed by atoms with Crippen molar-refractivity contribution in [2.45, 2.75) is 26.8 Å². The molecule has 1 aromatic carbocycles. The van der Waals surface area contributed by atoms with E-state index in [2.05, 4.69) is 5.32 Å². The largest absolute Gasteiger partial charge is 0.464 e. The molecule has 2 rings (SSSR count). The van der Waals surface area contributed by atoms with Crippen molar-refractivity contribution in [2.75, 3.05) is 18.1 Å². The van der Waals surface area contributed by atoms with E-state index in [1.165, 1.54) is 18.2 Å². The van der Waals surface area contributed by atoms with Crippen LogP contribution in [0.4, 0.5) is 15.3 Å². The van der Waals surface area contributed by atoms with Gasteiger partial charge in [0.15, 0.2) is 0 Å². The molecule has 1 aliphatic heterocycles. The van der Waals surface area contributed by atoms with Gasteiger partial charge in [0, 0.05) is 10.0 Å². The second-order valence-corrected chi connectivity index (χ2v) is 7.02. The molecular formula is C17H19Cl2N3O5. The van der Waals surface area contributed by atoms with Gasteiger partial charge in [-0.25, -0.2) is 24.2 Å². The van der Waals surface area contributed by atoms with Crippen LogP contribution in [-0.4, -0.2) is 48.0 Å². The first-order valence-electron chi connectivity index (χ1n) is 8.23. The number of halogens is 2. The molecule has 146 valence electrons. The number of amides is 5. The fourth-order valence-corrected chi connectivity index (χ4v) is 3.04. The lowest BCUT2D eigenvalue weighted by atomic mass is 10.1. The number of imide groups is 2. The highest BCUT2D eigenvalue weighted by Gasteiger charge is 2.42. The van der Waals surface area contributed by atoms with Crippen LogP contribution in [0.3, 0.4) is 0 Å². The zero-order chi connectivity index (χ0) is 20.3. The molecule has 27 heavy (non-hydrogen) atoms. The van der Waals surface area contributed by atoms with Crippen LogP contribution in [0, 0.1) is 5.92 Å². The standard InChI is InChI=1S/C17H19Cl2N3O5/c1-4-27-15(24)14(9(2)3)20-16(25)21-8-13(23)22(17(21)26)12-6-10(18)5-11(19)7-12/h5-7,9,14H,4,8H2,1-3H3,(H,20,25)/t14-/m0/s1. The van der Waals surface area contributed by atoms with Crippen LogP contribution in [-0.2, 0) is 14.3 Å². The number of carbonyl (C=O) groups excluding carboxylic acids is 4. The Morgan fingerprint density at radius 3 is 2.30 bits per heavy atom. The Morgan fingerprint density at radius 1 is 1.19 bits per heavy atom. The Kier molecular flexibility index (Phi) is 6.67. The van der Waals surface area contributed by atoms with Gasteiger partial charge in [0.25, 0.3) is 5.91 Å². The predicted octanol–water partition coefficient (Wildman–Crippen LogP) is 3.06. The maximum absolute atomic E-state index is 12.6. The van der Waals surface area contributed by atoms with Gasteiger partial charge < -0.3 is 10.1 Å². The average Bonchev–Trinajstić information content (AvgIpc) is 2.86. The second-order valence-electron chi connectivity index (χ2n) is 6.15. The maximum atomic E-state index is 12.6. The molecule has 5 amide bonds. The average molecular weight is 416 g/mol. The normalized spacial score (nSPS) is 15.3. The van der Waals surface area contributed by atoms with Gasteiger partial charge in [-0.2, -0.15) is 0 Å². The van der Waals surface area contributed by atoms with Gasteiger partial charge >= 0.3 is 18.0 Å². The van der Waals surface area contributed by atoms with Crippen LogP contribution in [0.5, 0.6) is 0 Å². The third-order valence-electron chi connectivity index (χ3n) is 3.80. The smallest absolute Gasteiger partial charge is 0.340 e. The molecule has 0 radical (unpaired) electrons. The molecule has 0 aliphatic carbocycles. The summed E-state index contributed by atoms with van der Waals surface area (Å²) in [5.74, 6) is -1.51. The van der Waals surface area contributed by atoms with Crippen molar-refractivity contribution >= 4 is 52.8 Å². The Balaban J connectivity index is 2.20. The number of anilines is 1. The lowest BCUT2D eigenvalue weighted by Crippen LogP contribution is -2.51. The summed E-state index contributed by atoms with van der Waals surface area (Å²) >= 11 is 11.8. The number of benzene rings is 1. The van der Waals surface area contributed by atoms with Gasteiger partial charge in [-0.1, -0.05) is 37.0 Å². The van der Waals surface area contributed by atoms with Gasteiger partial charge in [0.05, 0.1) is 12.3 Å². The Labute approximate surface area is 166 Å². The lowest BCUT2D eigenvalue weighted by Gasteiger charge is -2.23. The summed E-state index contributed by atoms with van der Waals surface area (Å²) < 4.78 is 4.93. The number of carbonyl (C=O) groups is 4. The highest BCUT2D eigenvalue weighted by molar-refractivity contribution is 6.35. The molecule has 1 aliphatic rings. The molecule has 8 nitrogen and oxygen atoms in total. The minimum atomic E-state index is -0.949. The summed E-state index contributed by atoms with van der Waals surface area (Å²) in [4.78, 5) is 50.9.